The van der Waals surface area contributed by atoms with Gasteiger partial charge in [-0.2, -0.15) is 0 Å². The lowest BCUT2D eigenvalue weighted by molar-refractivity contribution is 0.381. The molecule has 1 aromatic heterocycles. The molecule has 0 spiro atoms. The number of benzene rings is 1. The van der Waals surface area contributed by atoms with E-state index in [0.29, 0.717) is 0 Å². The van der Waals surface area contributed by atoms with E-state index in [0.717, 1.165) is 17.8 Å². The highest BCUT2D eigenvalue weighted by atomic mass is 16.3. The maximum Gasteiger partial charge on any atom is 0.121 e. The summed E-state index contributed by atoms with van der Waals surface area (Å²) in [7, 11) is 0. The second-order valence-electron chi connectivity index (χ2n) is 5.03. The van der Waals surface area contributed by atoms with Crippen LogP contribution in [0, 0.1) is 0 Å². The van der Waals surface area contributed by atoms with Crippen molar-refractivity contribution >= 4 is 0 Å². The molecule has 0 unspecified atom stereocenters. The molecule has 19 heavy (non-hydrogen) atoms. The molecule has 2 heteroatoms. The summed E-state index contributed by atoms with van der Waals surface area (Å²) in [6.07, 6.45) is 2.60. The summed E-state index contributed by atoms with van der Waals surface area (Å²) in [6, 6.07) is 14.8. The van der Waals surface area contributed by atoms with Gasteiger partial charge >= 0.3 is 0 Å². The molecule has 0 aliphatic rings. The van der Waals surface area contributed by atoms with E-state index in [9.17, 15) is 0 Å². The van der Waals surface area contributed by atoms with Crippen LogP contribution in [0.3, 0.4) is 0 Å². The van der Waals surface area contributed by atoms with Crippen LogP contribution in [-0.2, 0) is 0 Å². The quantitative estimate of drug-likeness (QED) is 0.761. The Labute approximate surface area is 115 Å². The zero-order valence-corrected chi connectivity index (χ0v) is 11.6. The van der Waals surface area contributed by atoms with Crippen molar-refractivity contribution in [2.45, 2.75) is 32.4 Å². The molecule has 0 fully saturated rings. The van der Waals surface area contributed by atoms with Crippen LogP contribution >= 0.6 is 0 Å². The predicted molar refractivity (Wildman–Crippen MR) is 78.9 cm³/mol. The van der Waals surface area contributed by atoms with E-state index in [1.54, 1.807) is 6.26 Å². The molecule has 0 aliphatic carbocycles. The van der Waals surface area contributed by atoms with E-state index in [-0.39, 0.29) is 12.1 Å². The van der Waals surface area contributed by atoms with Crippen LogP contribution in [0.2, 0.25) is 0 Å². The molecule has 2 atom stereocenters. The van der Waals surface area contributed by atoms with Crippen LogP contribution < -0.4 is 5.32 Å². The van der Waals surface area contributed by atoms with Gasteiger partial charge in [0.15, 0.2) is 0 Å². The third-order valence-corrected chi connectivity index (χ3v) is 3.19. The van der Waals surface area contributed by atoms with Gasteiger partial charge < -0.3 is 9.73 Å². The van der Waals surface area contributed by atoms with Crippen LogP contribution in [0.1, 0.15) is 43.7 Å². The second kappa shape index (κ2) is 6.39. The zero-order valence-electron chi connectivity index (χ0n) is 11.6. The van der Waals surface area contributed by atoms with E-state index >= 15 is 0 Å². The van der Waals surface area contributed by atoms with Crippen molar-refractivity contribution in [1.29, 1.82) is 0 Å². The number of hydrogen-bond acceptors (Lipinski definition) is 2. The van der Waals surface area contributed by atoms with Gasteiger partial charge in [0.05, 0.1) is 12.3 Å². The largest absolute Gasteiger partial charge is 0.468 e. The van der Waals surface area contributed by atoms with Crippen LogP contribution in [-0.4, -0.2) is 0 Å². The monoisotopic (exact) mass is 255 g/mol. The molecule has 1 aromatic carbocycles. The Bertz CT molecular complexity index is 501. The molecular weight excluding hydrogens is 234 g/mol. The summed E-state index contributed by atoms with van der Waals surface area (Å²) in [5.41, 5.74) is 2.43. The van der Waals surface area contributed by atoms with Crippen molar-refractivity contribution in [2.75, 3.05) is 0 Å². The predicted octanol–water partition coefficient (Wildman–Crippen LogP) is 4.64. The fourth-order valence-electron chi connectivity index (χ4n) is 2.22. The van der Waals surface area contributed by atoms with Gasteiger partial charge in [-0.15, -0.1) is 6.58 Å². The van der Waals surface area contributed by atoms with E-state index in [4.69, 9.17) is 4.42 Å². The topological polar surface area (TPSA) is 25.2 Å². The Morgan fingerprint density at radius 1 is 1.21 bits per heavy atom. The molecule has 0 saturated heterocycles. The lowest BCUT2D eigenvalue weighted by Crippen LogP contribution is -2.24. The number of hydrogen-bond donors (Lipinski definition) is 1. The van der Waals surface area contributed by atoms with Crippen molar-refractivity contribution < 1.29 is 4.42 Å². The van der Waals surface area contributed by atoms with E-state index in [1.165, 1.54) is 5.56 Å². The fourth-order valence-corrected chi connectivity index (χ4v) is 2.22. The average Bonchev–Trinajstić information content (AvgIpc) is 2.92. The Balaban J connectivity index is 2.10. The fraction of sp³-hybridized carbons (Fsp3) is 0.294. The summed E-state index contributed by atoms with van der Waals surface area (Å²) in [6.45, 7) is 8.22. The highest BCUT2D eigenvalue weighted by molar-refractivity contribution is 5.19. The Kier molecular flexibility index (Phi) is 4.58. The van der Waals surface area contributed by atoms with Gasteiger partial charge in [0.25, 0.3) is 0 Å². The molecule has 100 valence electrons. The molecule has 0 amide bonds. The standard InChI is InChI=1S/C17H21NO/c1-13(2)12-16(17-10-7-11-19-17)18-14(3)15-8-5-4-6-9-15/h4-11,14,16,18H,1,12H2,2-3H3/t14-,16-/m0/s1. The van der Waals surface area contributed by atoms with Gasteiger partial charge in [-0.3, -0.25) is 0 Å². The first-order valence-corrected chi connectivity index (χ1v) is 6.65. The lowest BCUT2D eigenvalue weighted by Gasteiger charge is -2.22. The molecule has 2 aromatic rings. The van der Waals surface area contributed by atoms with Gasteiger partial charge in [0, 0.05) is 6.04 Å². The second-order valence-corrected chi connectivity index (χ2v) is 5.03. The van der Waals surface area contributed by atoms with Gasteiger partial charge in [-0.05, 0) is 38.0 Å². The minimum absolute atomic E-state index is 0.169. The molecular formula is C17H21NO. The molecule has 0 aliphatic heterocycles. The molecule has 0 radical (unpaired) electrons. The highest BCUT2D eigenvalue weighted by Crippen LogP contribution is 2.24. The van der Waals surface area contributed by atoms with Crippen molar-refractivity contribution in [3.8, 4) is 0 Å². The summed E-state index contributed by atoms with van der Waals surface area (Å²) in [5.74, 6) is 0.964. The van der Waals surface area contributed by atoms with E-state index < -0.39 is 0 Å². The first-order valence-electron chi connectivity index (χ1n) is 6.65. The third kappa shape index (κ3) is 3.83. The lowest BCUT2D eigenvalue weighted by atomic mass is 10.0. The molecule has 2 rings (SSSR count). The van der Waals surface area contributed by atoms with Crippen molar-refractivity contribution in [1.82, 2.24) is 5.32 Å². The number of rotatable bonds is 6. The van der Waals surface area contributed by atoms with Gasteiger partial charge in [0.1, 0.15) is 5.76 Å². The molecule has 2 nitrogen and oxygen atoms in total. The van der Waals surface area contributed by atoms with Crippen molar-refractivity contribution in [2.24, 2.45) is 0 Å². The van der Waals surface area contributed by atoms with E-state index in [2.05, 4.69) is 43.1 Å². The minimum atomic E-state index is 0.169. The van der Waals surface area contributed by atoms with Crippen LogP contribution in [0.25, 0.3) is 0 Å². The molecule has 0 saturated carbocycles. The first-order chi connectivity index (χ1) is 9.16. The average molecular weight is 255 g/mol. The van der Waals surface area contributed by atoms with Crippen LogP contribution in [0.5, 0.6) is 0 Å². The maximum atomic E-state index is 5.53. The smallest absolute Gasteiger partial charge is 0.121 e. The van der Waals surface area contributed by atoms with Gasteiger partial charge in [0.2, 0.25) is 0 Å². The summed E-state index contributed by atoms with van der Waals surface area (Å²) in [4.78, 5) is 0. The normalized spacial score (nSPS) is 14.0. The van der Waals surface area contributed by atoms with Crippen molar-refractivity contribution in [3.63, 3.8) is 0 Å². The number of nitrogens with one attached hydrogen (secondary N) is 1. The molecule has 1 heterocycles. The summed E-state index contributed by atoms with van der Waals surface area (Å²) in [5, 5.41) is 3.61. The number of furan rings is 1. The maximum absolute atomic E-state index is 5.53. The zero-order chi connectivity index (χ0) is 13.7. The highest BCUT2D eigenvalue weighted by Gasteiger charge is 2.17. The van der Waals surface area contributed by atoms with Gasteiger partial charge in [-0.25, -0.2) is 0 Å². The van der Waals surface area contributed by atoms with Crippen LogP contribution in [0.4, 0.5) is 0 Å². The first kappa shape index (κ1) is 13.6. The third-order valence-electron chi connectivity index (χ3n) is 3.19. The summed E-state index contributed by atoms with van der Waals surface area (Å²) >= 11 is 0. The minimum Gasteiger partial charge on any atom is -0.468 e. The molecule has 1 N–H and O–H groups in total. The Morgan fingerprint density at radius 3 is 2.53 bits per heavy atom. The van der Waals surface area contributed by atoms with Gasteiger partial charge in [-0.1, -0.05) is 35.9 Å². The Hall–Kier alpha value is -1.80. The molecule has 0 bridgehead atoms. The Morgan fingerprint density at radius 2 is 1.95 bits per heavy atom. The van der Waals surface area contributed by atoms with E-state index in [1.807, 2.05) is 25.1 Å². The SMILES string of the molecule is C=C(C)C[C@H](N[C@@H](C)c1ccccc1)c1ccco1. The van der Waals surface area contributed by atoms with Crippen LogP contribution in [0.15, 0.2) is 65.3 Å². The summed E-state index contributed by atoms with van der Waals surface area (Å²) < 4.78 is 5.53. The van der Waals surface area contributed by atoms with Crippen molar-refractivity contribution in [3.05, 3.63) is 72.2 Å².